The fourth-order valence-corrected chi connectivity index (χ4v) is 5.21. The third kappa shape index (κ3) is 5.08. The number of primary amides is 1. The standard InChI is InChI=1S/C25H31ClN2O6/c1-14(2)32-11-3-10-28-22(15-4-7-17(8-5-15)33-13-20(27)29)21-23(30)18-12-16(26)6-9-19(18)34-24(21)25(28)31/h4-5,7-8,14,16,18-19,22H,3,6,9-13H2,1-2H3,(H2,27,29). The van der Waals surface area contributed by atoms with Gasteiger partial charge in [0, 0.05) is 18.5 Å². The number of amides is 2. The van der Waals surface area contributed by atoms with Gasteiger partial charge in [0.05, 0.1) is 23.6 Å². The highest BCUT2D eigenvalue weighted by Crippen LogP contribution is 2.47. The average molecular weight is 491 g/mol. The lowest BCUT2D eigenvalue weighted by molar-refractivity contribution is -0.135. The van der Waals surface area contributed by atoms with Crippen molar-refractivity contribution in [2.24, 2.45) is 11.7 Å². The smallest absolute Gasteiger partial charge is 0.290 e. The van der Waals surface area contributed by atoms with E-state index in [1.807, 2.05) is 13.8 Å². The van der Waals surface area contributed by atoms with E-state index in [1.165, 1.54) is 0 Å². The summed E-state index contributed by atoms with van der Waals surface area (Å²) in [7, 11) is 0. The van der Waals surface area contributed by atoms with Crippen LogP contribution in [0.4, 0.5) is 0 Å². The molecule has 4 rings (SSSR count). The van der Waals surface area contributed by atoms with Gasteiger partial charge in [-0.25, -0.2) is 0 Å². The minimum Gasteiger partial charge on any atom is -0.484 e. The van der Waals surface area contributed by atoms with Gasteiger partial charge in [0.1, 0.15) is 11.9 Å². The number of rotatable bonds is 9. The SMILES string of the molecule is CC(C)OCCCN1C(=O)C2=C(C(=O)C3CC(Cl)CCC3O2)C1c1ccc(OCC(N)=O)cc1. The lowest BCUT2D eigenvalue weighted by Crippen LogP contribution is -2.41. The summed E-state index contributed by atoms with van der Waals surface area (Å²) in [5.41, 5.74) is 6.32. The molecule has 0 aromatic heterocycles. The molecule has 0 radical (unpaired) electrons. The molecule has 0 bridgehead atoms. The molecule has 0 saturated heterocycles. The second kappa shape index (κ2) is 10.4. The van der Waals surface area contributed by atoms with E-state index in [9.17, 15) is 14.4 Å². The third-order valence-electron chi connectivity index (χ3n) is 6.45. The van der Waals surface area contributed by atoms with Crippen molar-refractivity contribution in [2.45, 2.75) is 63.2 Å². The Labute approximate surface area is 204 Å². The number of ether oxygens (including phenoxy) is 3. The van der Waals surface area contributed by atoms with Crippen molar-refractivity contribution in [1.29, 1.82) is 0 Å². The topological polar surface area (TPSA) is 108 Å². The molecule has 2 N–H and O–H groups in total. The lowest BCUT2D eigenvalue weighted by atomic mass is 9.77. The number of nitrogens with zero attached hydrogens (tertiary/aromatic N) is 1. The number of benzene rings is 1. The zero-order chi connectivity index (χ0) is 24.4. The number of fused-ring (bicyclic) bond motifs is 1. The summed E-state index contributed by atoms with van der Waals surface area (Å²) in [5.74, 6) is -0.583. The molecule has 2 aliphatic heterocycles. The quantitative estimate of drug-likeness (QED) is 0.421. The van der Waals surface area contributed by atoms with Crippen molar-refractivity contribution >= 4 is 29.2 Å². The van der Waals surface area contributed by atoms with Gasteiger partial charge in [0.2, 0.25) is 0 Å². The monoisotopic (exact) mass is 490 g/mol. The van der Waals surface area contributed by atoms with E-state index in [2.05, 4.69) is 0 Å². The number of Topliss-reactive ketones (excluding diaryl/α,β-unsaturated/α-hetero) is 1. The summed E-state index contributed by atoms with van der Waals surface area (Å²) in [5, 5.41) is -0.0718. The molecule has 8 nitrogen and oxygen atoms in total. The summed E-state index contributed by atoms with van der Waals surface area (Å²) < 4.78 is 17.2. The van der Waals surface area contributed by atoms with Crippen molar-refractivity contribution in [3.63, 3.8) is 0 Å². The summed E-state index contributed by atoms with van der Waals surface area (Å²) in [6, 6.07) is 6.44. The molecule has 0 spiro atoms. The molecule has 1 fully saturated rings. The van der Waals surface area contributed by atoms with Crippen molar-refractivity contribution in [2.75, 3.05) is 19.8 Å². The van der Waals surface area contributed by atoms with E-state index in [1.54, 1.807) is 29.2 Å². The Kier molecular flexibility index (Phi) is 7.48. The van der Waals surface area contributed by atoms with Gasteiger partial charge in [0.25, 0.3) is 11.8 Å². The molecule has 9 heteroatoms. The predicted molar refractivity (Wildman–Crippen MR) is 125 cm³/mol. The van der Waals surface area contributed by atoms with Crippen LogP contribution in [0.15, 0.2) is 35.6 Å². The summed E-state index contributed by atoms with van der Waals surface area (Å²) in [6.45, 7) is 4.63. The van der Waals surface area contributed by atoms with Crippen LogP contribution in [0, 0.1) is 5.92 Å². The summed E-state index contributed by atoms with van der Waals surface area (Å²) in [4.78, 5) is 39.8. The van der Waals surface area contributed by atoms with Gasteiger partial charge >= 0.3 is 0 Å². The Morgan fingerprint density at radius 1 is 1.24 bits per heavy atom. The highest BCUT2D eigenvalue weighted by atomic mass is 35.5. The van der Waals surface area contributed by atoms with Crippen molar-refractivity contribution in [3.8, 4) is 5.75 Å². The first-order valence-electron chi connectivity index (χ1n) is 11.8. The van der Waals surface area contributed by atoms with Gasteiger partial charge in [-0.2, -0.15) is 0 Å². The lowest BCUT2D eigenvalue weighted by Gasteiger charge is -2.37. The Balaban J connectivity index is 1.62. The van der Waals surface area contributed by atoms with E-state index in [-0.39, 0.29) is 47.6 Å². The van der Waals surface area contributed by atoms with E-state index >= 15 is 0 Å². The van der Waals surface area contributed by atoms with E-state index in [4.69, 9.17) is 31.5 Å². The number of hydrogen-bond acceptors (Lipinski definition) is 6. The van der Waals surface area contributed by atoms with E-state index in [0.717, 1.165) is 12.0 Å². The zero-order valence-electron chi connectivity index (χ0n) is 19.5. The molecule has 2 amide bonds. The molecule has 184 valence electrons. The number of hydrogen-bond donors (Lipinski definition) is 1. The first-order valence-corrected chi connectivity index (χ1v) is 12.2. The van der Waals surface area contributed by atoms with Gasteiger partial charge in [0.15, 0.2) is 18.1 Å². The molecule has 1 aromatic rings. The van der Waals surface area contributed by atoms with Crippen molar-refractivity contribution in [3.05, 3.63) is 41.2 Å². The van der Waals surface area contributed by atoms with Crippen LogP contribution in [-0.2, 0) is 23.9 Å². The van der Waals surface area contributed by atoms with Crippen LogP contribution in [0.2, 0.25) is 0 Å². The average Bonchev–Trinajstić information content (AvgIpc) is 3.08. The van der Waals surface area contributed by atoms with Crippen LogP contribution in [0.3, 0.4) is 0 Å². The van der Waals surface area contributed by atoms with Crippen LogP contribution < -0.4 is 10.5 Å². The van der Waals surface area contributed by atoms with Crippen molar-refractivity contribution in [1.82, 2.24) is 4.90 Å². The molecule has 1 aliphatic carbocycles. The molecule has 1 saturated carbocycles. The predicted octanol–water partition coefficient (Wildman–Crippen LogP) is 2.88. The maximum absolute atomic E-state index is 13.6. The number of alkyl halides is 1. The Morgan fingerprint density at radius 2 is 1.97 bits per heavy atom. The minimum absolute atomic E-state index is 0.0510. The molecule has 1 aromatic carbocycles. The second-order valence-corrected chi connectivity index (χ2v) is 9.90. The fourth-order valence-electron chi connectivity index (χ4n) is 4.89. The Morgan fingerprint density at radius 3 is 2.65 bits per heavy atom. The molecular weight excluding hydrogens is 460 g/mol. The minimum atomic E-state index is -0.570. The van der Waals surface area contributed by atoms with E-state index < -0.39 is 11.9 Å². The highest BCUT2D eigenvalue weighted by molar-refractivity contribution is 6.21. The number of carbonyl (C=O) groups excluding carboxylic acids is 3. The Bertz CT molecular complexity index is 976. The van der Waals surface area contributed by atoms with Gasteiger partial charge in [-0.15, -0.1) is 11.6 Å². The molecule has 34 heavy (non-hydrogen) atoms. The number of carbonyl (C=O) groups is 3. The molecule has 4 unspecified atom stereocenters. The van der Waals surface area contributed by atoms with Gasteiger partial charge in [-0.05, 0) is 57.2 Å². The van der Waals surface area contributed by atoms with Crippen LogP contribution in [0.5, 0.6) is 5.75 Å². The van der Waals surface area contributed by atoms with Crippen molar-refractivity contribution < 1.29 is 28.6 Å². The zero-order valence-corrected chi connectivity index (χ0v) is 20.3. The van der Waals surface area contributed by atoms with Gasteiger partial charge < -0.3 is 24.8 Å². The Hall–Kier alpha value is -2.58. The number of nitrogens with two attached hydrogens (primary N) is 1. The molecule has 3 aliphatic rings. The van der Waals surface area contributed by atoms with Crippen LogP contribution >= 0.6 is 11.6 Å². The first-order chi connectivity index (χ1) is 16.3. The second-order valence-electron chi connectivity index (χ2n) is 9.28. The molecule has 4 atom stereocenters. The summed E-state index contributed by atoms with van der Waals surface area (Å²) >= 11 is 6.37. The largest absolute Gasteiger partial charge is 0.484 e. The normalized spacial score (nSPS) is 26.4. The summed E-state index contributed by atoms with van der Waals surface area (Å²) in [6.07, 6.45) is 2.39. The van der Waals surface area contributed by atoms with Crippen LogP contribution in [0.25, 0.3) is 0 Å². The highest BCUT2D eigenvalue weighted by Gasteiger charge is 2.52. The molecule has 2 heterocycles. The maximum atomic E-state index is 13.6. The maximum Gasteiger partial charge on any atom is 0.290 e. The van der Waals surface area contributed by atoms with Crippen LogP contribution in [0.1, 0.15) is 51.1 Å². The number of halogens is 1. The van der Waals surface area contributed by atoms with Crippen LogP contribution in [-0.4, -0.2) is 59.8 Å². The third-order valence-corrected chi connectivity index (χ3v) is 6.85. The number of ketones is 1. The van der Waals surface area contributed by atoms with Gasteiger partial charge in [-0.3, -0.25) is 14.4 Å². The van der Waals surface area contributed by atoms with E-state index in [0.29, 0.717) is 43.7 Å². The molecular formula is C25H31ClN2O6. The van der Waals surface area contributed by atoms with Gasteiger partial charge in [-0.1, -0.05) is 12.1 Å². The fraction of sp³-hybridized carbons (Fsp3) is 0.560. The first kappa shape index (κ1) is 24.5.